The summed E-state index contributed by atoms with van der Waals surface area (Å²) in [6.45, 7) is 3.41. The Kier molecular flexibility index (Phi) is 6.01. The number of para-hydroxylation sites is 1. The van der Waals surface area contributed by atoms with Crippen LogP contribution in [0.5, 0.6) is 5.75 Å². The van der Waals surface area contributed by atoms with E-state index in [0.717, 1.165) is 0 Å². The maximum absolute atomic E-state index is 12.3. The molecular formula is C20H21N5O3. The van der Waals surface area contributed by atoms with Crippen molar-refractivity contribution in [3.8, 4) is 5.75 Å². The minimum absolute atomic E-state index is 0.216. The van der Waals surface area contributed by atoms with Crippen LogP contribution in [0.3, 0.4) is 0 Å². The molecule has 0 fully saturated rings. The summed E-state index contributed by atoms with van der Waals surface area (Å²) < 4.78 is 7.07. The highest BCUT2D eigenvalue weighted by molar-refractivity contribution is 5.95. The van der Waals surface area contributed by atoms with E-state index in [1.54, 1.807) is 50.2 Å². The van der Waals surface area contributed by atoms with Crippen LogP contribution in [0.4, 0.5) is 11.4 Å². The summed E-state index contributed by atoms with van der Waals surface area (Å²) in [6.07, 6.45) is 2.22. The number of hydrogen-bond donors (Lipinski definition) is 2. The second-order valence-electron chi connectivity index (χ2n) is 6.18. The summed E-state index contributed by atoms with van der Waals surface area (Å²) in [4.78, 5) is 28.4. The highest BCUT2D eigenvalue weighted by atomic mass is 16.5. The molecule has 0 spiro atoms. The summed E-state index contributed by atoms with van der Waals surface area (Å²) >= 11 is 0. The maximum Gasteiger partial charge on any atom is 0.265 e. The highest BCUT2D eigenvalue weighted by Crippen LogP contribution is 2.17. The molecule has 1 aromatic heterocycles. The van der Waals surface area contributed by atoms with Crippen LogP contribution in [0.1, 0.15) is 19.9 Å². The predicted molar refractivity (Wildman–Crippen MR) is 105 cm³/mol. The fourth-order valence-electron chi connectivity index (χ4n) is 2.42. The molecule has 144 valence electrons. The predicted octanol–water partition coefficient (Wildman–Crippen LogP) is 2.88. The lowest BCUT2D eigenvalue weighted by atomic mass is 10.2. The van der Waals surface area contributed by atoms with Gasteiger partial charge in [0.05, 0.1) is 0 Å². The minimum atomic E-state index is -0.648. The molecule has 0 aliphatic carbocycles. The highest BCUT2D eigenvalue weighted by Gasteiger charge is 2.16. The zero-order valence-electron chi connectivity index (χ0n) is 15.6. The van der Waals surface area contributed by atoms with Crippen LogP contribution in [0.2, 0.25) is 0 Å². The Bertz CT molecular complexity index is 911. The van der Waals surface area contributed by atoms with Crippen LogP contribution in [0, 0.1) is 0 Å². The Hall–Kier alpha value is -3.68. The molecule has 2 aromatic carbocycles. The third-order valence-electron chi connectivity index (χ3n) is 4.06. The van der Waals surface area contributed by atoms with Gasteiger partial charge in [0.15, 0.2) is 6.10 Å². The smallest absolute Gasteiger partial charge is 0.265 e. The Balaban J connectivity index is 1.53. The third kappa shape index (κ3) is 4.94. The van der Waals surface area contributed by atoms with Gasteiger partial charge in [-0.3, -0.25) is 9.59 Å². The Morgan fingerprint density at radius 2 is 1.54 bits per heavy atom. The fraction of sp³-hybridized carbons (Fsp3) is 0.200. The van der Waals surface area contributed by atoms with Gasteiger partial charge < -0.3 is 15.4 Å². The van der Waals surface area contributed by atoms with Crippen LogP contribution in [0.25, 0.3) is 0 Å². The normalized spacial score (nSPS) is 12.6. The average molecular weight is 379 g/mol. The first-order chi connectivity index (χ1) is 13.5. The fourth-order valence-corrected chi connectivity index (χ4v) is 2.42. The van der Waals surface area contributed by atoms with Gasteiger partial charge in [0, 0.05) is 11.4 Å². The van der Waals surface area contributed by atoms with E-state index in [2.05, 4.69) is 20.7 Å². The standard InChI is InChI=1S/C20H21N5O3/c1-14(25-13-21-12-22-25)19(26)23-16-8-10-17(11-9-16)24-20(27)15(2)28-18-6-4-3-5-7-18/h3-15H,1-2H3,(H,23,26)(H,24,27)/t14-,15+/m0/s1. The average Bonchev–Trinajstić information content (AvgIpc) is 3.24. The first-order valence-electron chi connectivity index (χ1n) is 8.80. The summed E-state index contributed by atoms with van der Waals surface area (Å²) in [7, 11) is 0. The number of carbonyl (C=O) groups excluding carboxylic acids is 2. The molecule has 0 radical (unpaired) electrons. The van der Waals surface area contributed by atoms with Gasteiger partial charge in [-0.25, -0.2) is 9.67 Å². The van der Waals surface area contributed by atoms with Crippen LogP contribution in [-0.4, -0.2) is 32.7 Å². The van der Waals surface area contributed by atoms with Crippen molar-refractivity contribution in [3.05, 3.63) is 67.3 Å². The van der Waals surface area contributed by atoms with Gasteiger partial charge in [-0.05, 0) is 50.2 Å². The number of benzene rings is 2. The minimum Gasteiger partial charge on any atom is -0.481 e. The van der Waals surface area contributed by atoms with Crippen molar-refractivity contribution >= 4 is 23.2 Å². The van der Waals surface area contributed by atoms with Gasteiger partial charge in [0.2, 0.25) is 5.91 Å². The number of carbonyl (C=O) groups is 2. The van der Waals surface area contributed by atoms with Crippen molar-refractivity contribution in [2.75, 3.05) is 10.6 Å². The molecule has 0 aliphatic heterocycles. The number of ether oxygens (including phenoxy) is 1. The van der Waals surface area contributed by atoms with E-state index in [1.807, 2.05) is 18.2 Å². The van der Waals surface area contributed by atoms with Crippen molar-refractivity contribution in [1.29, 1.82) is 0 Å². The molecule has 3 aromatic rings. The third-order valence-corrected chi connectivity index (χ3v) is 4.06. The number of nitrogens with one attached hydrogen (secondary N) is 2. The first-order valence-corrected chi connectivity index (χ1v) is 8.80. The topological polar surface area (TPSA) is 98.1 Å². The molecule has 0 bridgehead atoms. The number of aromatic nitrogens is 3. The summed E-state index contributed by atoms with van der Waals surface area (Å²) in [5.41, 5.74) is 1.22. The van der Waals surface area contributed by atoms with Crippen LogP contribution < -0.4 is 15.4 Å². The first kappa shape index (κ1) is 19.1. The van der Waals surface area contributed by atoms with E-state index >= 15 is 0 Å². The van der Waals surface area contributed by atoms with Gasteiger partial charge in [0.1, 0.15) is 24.4 Å². The number of hydrogen-bond acceptors (Lipinski definition) is 5. The van der Waals surface area contributed by atoms with Crippen molar-refractivity contribution in [3.63, 3.8) is 0 Å². The molecule has 8 nitrogen and oxygen atoms in total. The number of nitrogens with zero attached hydrogens (tertiary/aromatic N) is 3. The van der Waals surface area contributed by atoms with Gasteiger partial charge in [-0.2, -0.15) is 5.10 Å². The van der Waals surface area contributed by atoms with Gasteiger partial charge >= 0.3 is 0 Å². The molecule has 0 saturated heterocycles. The summed E-state index contributed by atoms with van der Waals surface area (Å²) in [5.74, 6) is 0.150. The largest absolute Gasteiger partial charge is 0.481 e. The van der Waals surface area contributed by atoms with Gasteiger partial charge in [-0.15, -0.1) is 0 Å². The van der Waals surface area contributed by atoms with Crippen LogP contribution in [-0.2, 0) is 9.59 Å². The van der Waals surface area contributed by atoms with Crippen molar-refractivity contribution in [2.45, 2.75) is 26.0 Å². The molecule has 0 aliphatic rings. The molecule has 3 rings (SSSR count). The maximum atomic E-state index is 12.3. The number of rotatable bonds is 7. The molecule has 0 saturated carbocycles. The lowest BCUT2D eigenvalue weighted by molar-refractivity contribution is -0.122. The van der Waals surface area contributed by atoms with Crippen molar-refractivity contribution < 1.29 is 14.3 Å². The summed E-state index contributed by atoms with van der Waals surface area (Å²) in [6, 6.07) is 15.5. The SMILES string of the molecule is C[C@@H](Oc1ccccc1)C(=O)Nc1ccc(NC(=O)[C@H](C)n2cncn2)cc1. The molecule has 1 heterocycles. The molecule has 0 unspecified atom stereocenters. The lowest BCUT2D eigenvalue weighted by Crippen LogP contribution is -2.30. The van der Waals surface area contributed by atoms with E-state index in [9.17, 15) is 9.59 Å². The van der Waals surface area contributed by atoms with E-state index in [1.165, 1.54) is 17.3 Å². The zero-order valence-corrected chi connectivity index (χ0v) is 15.6. The van der Waals surface area contributed by atoms with Crippen molar-refractivity contribution in [2.24, 2.45) is 0 Å². The Morgan fingerprint density at radius 3 is 2.11 bits per heavy atom. The Morgan fingerprint density at radius 1 is 0.929 bits per heavy atom. The molecule has 2 amide bonds. The van der Waals surface area contributed by atoms with E-state index in [0.29, 0.717) is 17.1 Å². The monoisotopic (exact) mass is 379 g/mol. The molecule has 2 N–H and O–H groups in total. The Labute approximate surface area is 162 Å². The second-order valence-corrected chi connectivity index (χ2v) is 6.18. The summed E-state index contributed by atoms with van der Waals surface area (Å²) in [5, 5.41) is 9.55. The van der Waals surface area contributed by atoms with E-state index < -0.39 is 12.1 Å². The van der Waals surface area contributed by atoms with Gasteiger partial charge in [-0.1, -0.05) is 18.2 Å². The van der Waals surface area contributed by atoms with Crippen molar-refractivity contribution in [1.82, 2.24) is 14.8 Å². The van der Waals surface area contributed by atoms with Gasteiger partial charge in [0.25, 0.3) is 5.91 Å². The number of anilines is 2. The molecular weight excluding hydrogens is 358 g/mol. The van der Waals surface area contributed by atoms with Crippen LogP contribution in [0.15, 0.2) is 67.3 Å². The quantitative estimate of drug-likeness (QED) is 0.658. The zero-order chi connectivity index (χ0) is 19.9. The van der Waals surface area contributed by atoms with Crippen LogP contribution >= 0.6 is 0 Å². The molecule has 2 atom stereocenters. The number of amides is 2. The molecule has 8 heteroatoms. The van der Waals surface area contributed by atoms with E-state index in [-0.39, 0.29) is 11.8 Å². The molecule has 28 heavy (non-hydrogen) atoms. The second kappa shape index (κ2) is 8.81. The lowest BCUT2D eigenvalue weighted by Gasteiger charge is -2.15. The van der Waals surface area contributed by atoms with E-state index in [4.69, 9.17) is 4.74 Å².